The number of carbonyl (C=O) groups is 2. The van der Waals surface area contributed by atoms with E-state index in [1.54, 1.807) is 10.9 Å². The van der Waals surface area contributed by atoms with E-state index < -0.39 is 5.82 Å². The van der Waals surface area contributed by atoms with Gasteiger partial charge in [-0.05, 0) is 49.4 Å². The molecule has 1 aromatic heterocycles. The summed E-state index contributed by atoms with van der Waals surface area (Å²) in [6.45, 7) is 4.34. The molecule has 1 aliphatic heterocycles. The van der Waals surface area contributed by atoms with Crippen molar-refractivity contribution in [2.45, 2.75) is 32.7 Å². The molecule has 156 valence electrons. The molecule has 7 nitrogen and oxygen atoms in total. The van der Waals surface area contributed by atoms with Crippen LogP contribution in [-0.2, 0) is 11.3 Å². The third kappa shape index (κ3) is 5.56. The molecule has 1 unspecified atom stereocenters. The lowest BCUT2D eigenvalue weighted by molar-refractivity contribution is -0.133. The quantitative estimate of drug-likeness (QED) is 0.772. The third-order valence-electron chi connectivity index (χ3n) is 5.15. The number of aromatic nitrogens is 2. The van der Waals surface area contributed by atoms with Crippen molar-refractivity contribution < 1.29 is 18.7 Å². The molecule has 1 atom stereocenters. The number of aryl methyl sites for hydroxylation is 2. The van der Waals surface area contributed by atoms with Crippen LogP contribution in [-0.4, -0.2) is 53.2 Å². The fraction of sp³-hybridized carbons (Fsp3) is 0.476. The number of nitrogens with one attached hydrogen (secondary N) is 1. The number of piperidine rings is 1. The molecule has 0 spiro atoms. The largest absolute Gasteiger partial charge is 0.494 e. The molecular weight excluding hydrogens is 375 g/mol. The maximum absolute atomic E-state index is 13.8. The Morgan fingerprint density at radius 2 is 2.21 bits per heavy atom. The predicted molar refractivity (Wildman–Crippen MR) is 106 cm³/mol. The molecule has 1 N–H and O–H groups in total. The van der Waals surface area contributed by atoms with Crippen LogP contribution in [0.2, 0.25) is 0 Å². The minimum atomic E-state index is -0.568. The lowest BCUT2D eigenvalue weighted by atomic mass is 9.97. The first-order chi connectivity index (χ1) is 14.0. The van der Waals surface area contributed by atoms with E-state index in [4.69, 9.17) is 4.74 Å². The number of carbonyl (C=O) groups excluding carboxylic acids is 2. The Balaban J connectivity index is 1.47. The third-order valence-corrected chi connectivity index (χ3v) is 5.15. The molecule has 1 aromatic carbocycles. The lowest BCUT2D eigenvalue weighted by Crippen LogP contribution is -2.44. The highest BCUT2D eigenvalue weighted by Gasteiger charge is 2.24. The number of methoxy groups -OCH3 is 1. The van der Waals surface area contributed by atoms with E-state index in [9.17, 15) is 14.0 Å². The van der Waals surface area contributed by atoms with Gasteiger partial charge in [0.05, 0.1) is 13.3 Å². The first-order valence-corrected chi connectivity index (χ1v) is 9.85. The summed E-state index contributed by atoms with van der Waals surface area (Å²) in [7, 11) is 1.38. The number of hydrogen-bond acceptors (Lipinski definition) is 4. The van der Waals surface area contributed by atoms with Crippen LogP contribution < -0.4 is 10.1 Å². The number of rotatable bonds is 7. The smallest absolute Gasteiger partial charge is 0.251 e. The number of nitrogens with zero attached hydrogens (tertiary/aromatic N) is 3. The van der Waals surface area contributed by atoms with Crippen LogP contribution in [0.1, 0.15) is 35.2 Å². The molecule has 1 aliphatic rings. The summed E-state index contributed by atoms with van der Waals surface area (Å²) in [4.78, 5) is 26.7. The van der Waals surface area contributed by atoms with Gasteiger partial charge >= 0.3 is 0 Å². The summed E-state index contributed by atoms with van der Waals surface area (Å²) in [5, 5.41) is 7.06. The summed E-state index contributed by atoms with van der Waals surface area (Å²) in [6, 6.07) is 4.14. The molecule has 3 rings (SSSR count). The topological polar surface area (TPSA) is 76.5 Å². The van der Waals surface area contributed by atoms with Crippen LogP contribution >= 0.6 is 0 Å². The Bertz CT molecular complexity index is 867. The van der Waals surface area contributed by atoms with E-state index >= 15 is 0 Å². The van der Waals surface area contributed by atoms with Crippen molar-refractivity contribution in [1.82, 2.24) is 20.0 Å². The average molecular weight is 402 g/mol. The molecular formula is C21H27FN4O3. The van der Waals surface area contributed by atoms with E-state index in [1.807, 2.05) is 18.0 Å². The maximum Gasteiger partial charge on any atom is 0.251 e. The van der Waals surface area contributed by atoms with Crippen molar-refractivity contribution in [3.8, 4) is 5.75 Å². The molecule has 29 heavy (non-hydrogen) atoms. The number of hydrogen-bond donors (Lipinski definition) is 1. The highest BCUT2D eigenvalue weighted by molar-refractivity contribution is 5.94. The van der Waals surface area contributed by atoms with E-state index in [-0.39, 0.29) is 29.0 Å². The van der Waals surface area contributed by atoms with Crippen LogP contribution in [0.4, 0.5) is 4.39 Å². The van der Waals surface area contributed by atoms with Gasteiger partial charge in [0.2, 0.25) is 5.91 Å². The van der Waals surface area contributed by atoms with Crippen molar-refractivity contribution in [3.05, 3.63) is 47.5 Å². The predicted octanol–water partition coefficient (Wildman–Crippen LogP) is 2.40. The second-order valence-corrected chi connectivity index (χ2v) is 7.44. The summed E-state index contributed by atoms with van der Waals surface area (Å²) in [5.74, 6) is -0.502. The van der Waals surface area contributed by atoms with Crippen molar-refractivity contribution in [3.63, 3.8) is 0 Å². The zero-order valence-corrected chi connectivity index (χ0v) is 16.9. The van der Waals surface area contributed by atoms with Gasteiger partial charge in [0.25, 0.3) is 5.91 Å². The van der Waals surface area contributed by atoms with Crippen molar-refractivity contribution >= 4 is 11.8 Å². The minimum Gasteiger partial charge on any atom is -0.494 e. The zero-order valence-electron chi connectivity index (χ0n) is 16.9. The Hall–Kier alpha value is -2.90. The monoisotopic (exact) mass is 402 g/mol. The number of halogens is 1. The molecule has 0 radical (unpaired) electrons. The summed E-state index contributed by atoms with van der Waals surface area (Å²) in [5.41, 5.74) is 1.32. The second-order valence-electron chi connectivity index (χ2n) is 7.44. The molecule has 0 saturated carbocycles. The van der Waals surface area contributed by atoms with Gasteiger partial charge < -0.3 is 15.0 Å². The van der Waals surface area contributed by atoms with Gasteiger partial charge in [-0.3, -0.25) is 14.3 Å². The first-order valence-electron chi connectivity index (χ1n) is 9.85. The van der Waals surface area contributed by atoms with E-state index in [2.05, 4.69) is 10.4 Å². The Kier molecular flexibility index (Phi) is 6.85. The fourth-order valence-electron chi connectivity index (χ4n) is 3.56. The number of benzene rings is 1. The minimum absolute atomic E-state index is 0.103. The van der Waals surface area contributed by atoms with Gasteiger partial charge in [-0.25, -0.2) is 4.39 Å². The van der Waals surface area contributed by atoms with Gasteiger partial charge in [-0.1, -0.05) is 0 Å². The summed E-state index contributed by atoms with van der Waals surface area (Å²) < 4.78 is 20.4. The normalized spacial score (nSPS) is 16.5. The number of likely N-dealkylation sites (tertiary alicyclic amines) is 1. The van der Waals surface area contributed by atoms with Crippen molar-refractivity contribution in [2.24, 2.45) is 5.92 Å². The summed E-state index contributed by atoms with van der Waals surface area (Å²) >= 11 is 0. The molecule has 8 heteroatoms. The van der Waals surface area contributed by atoms with Gasteiger partial charge in [-0.15, -0.1) is 0 Å². The average Bonchev–Trinajstić information content (AvgIpc) is 3.15. The van der Waals surface area contributed by atoms with Gasteiger partial charge in [0.1, 0.15) is 0 Å². The van der Waals surface area contributed by atoms with Crippen LogP contribution in [0.3, 0.4) is 0 Å². The second kappa shape index (κ2) is 9.54. The van der Waals surface area contributed by atoms with Crippen LogP contribution in [0.5, 0.6) is 5.75 Å². The molecule has 2 amide bonds. The van der Waals surface area contributed by atoms with Crippen LogP contribution in [0.25, 0.3) is 0 Å². The molecule has 0 bridgehead atoms. The molecule has 1 saturated heterocycles. The molecule has 2 aromatic rings. The highest BCUT2D eigenvalue weighted by Crippen LogP contribution is 2.19. The number of amides is 2. The van der Waals surface area contributed by atoms with E-state index in [1.165, 1.54) is 25.3 Å². The zero-order chi connectivity index (χ0) is 20.8. The van der Waals surface area contributed by atoms with Crippen LogP contribution in [0.15, 0.2) is 30.6 Å². The lowest BCUT2D eigenvalue weighted by Gasteiger charge is -2.33. The first kappa shape index (κ1) is 20.8. The van der Waals surface area contributed by atoms with E-state index in [0.29, 0.717) is 26.1 Å². The van der Waals surface area contributed by atoms with Crippen molar-refractivity contribution in [2.75, 3.05) is 26.7 Å². The molecule has 2 heterocycles. The standard InChI is InChI=1S/C21H27FN4O3/c1-15-11-24-26(13-15)9-7-20(27)25-8-3-4-16(14-25)12-23-21(28)17-5-6-19(29-2)18(22)10-17/h5-6,10-11,13,16H,3-4,7-9,12,14H2,1-2H3,(H,23,28). The molecule has 0 aliphatic carbocycles. The van der Waals surface area contributed by atoms with Crippen LogP contribution in [0, 0.1) is 18.7 Å². The Labute approximate surface area is 169 Å². The van der Waals surface area contributed by atoms with Gasteiger partial charge in [-0.2, -0.15) is 5.10 Å². The SMILES string of the molecule is COc1ccc(C(=O)NCC2CCCN(C(=O)CCn3cc(C)cn3)C2)cc1F. The van der Waals surface area contributed by atoms with Crippen molar-refractivity contribution in [1.29, 1.82) is 0 Å². The maximum atomic E-state index is 13.8. The highest BCUT2D eigenvalue weighted by atomic mass is 19.1. The van der Waals surface area contributed by atoms with Gasteiger partial charge in [0.15, 0.2) is 11.6 Å². The Morgan fingerprint density at radius 3 is 2.90 bits per heavy atom. The summed E-state index contributed by atoms with van der Waals surface area (Å²) in [6.07, 6.45) is 5.96. The molecule has 1 fully saturated rings. The van der Waals surface area contributed by atoms with Gasteiger partial charge in [0, 0.05) is 44.4 Å². The Morgan fingerprint density at radius 1 is 1.38 bits per heavy atom. The fourth-order valence-corrected chi connectivity index (χ4v) is 3.56. The van der Waals surface area contributed by atoms with E-state index in [0.717, 1.165) is 24.9 Å². The number of ether oxygens (including phenoxy) is 1.